The molecule has 0 aliphatic carbocycles. The SMILES string of the molecule is CC(=N)/N=C(\NC(C)C)c1cn2c(n1)-c1cc(SC3CCN(C(C)C)CC3)ccc1OCC2. The van der Waals surface area contributed by atoms with E-state index < -0.39 is 0 Å². The molecule has 8 heteroatoms. The molecular formula is C25H36N6OS. The van der Waals surface area contributed by atoms with Crippen molar-refractivity contribution in [1.82, 2.24) is 19.8 Å². The van der Waals surface area contributed by atoms with Gasteiger partial charge in [-0.1, -0.05) is 0 Å². The largest absolute Gasteiger partial charge is 0.491 e. The van der Waals surface area contributed by atoms with Crippen LogP contribution in [0.25, 0.3) is 11.4 Å². The highest BCUT2D eigenvalue weighted by atomic mass is 32.2. The number of thioether (sulfide) groups is 1. The summed E-state index contributed by atoms with van der Waals surface area (Å²) in [6.07, 6.45) is 4.46. The number of nitrogens with zero attached hydrogens (tertiary/aromatic N) is 4. The number of fused-ring (bicyclic) bond motifs is 3. The van der Waals surface area contributed by atoms with Gasteiger partial charge in [0.2, 0.25) is 0 Å². The number of aromatic nitrogens is 2. The van der Waals surface area contributed by atoms with Crippen molar-refractivity contribution in [2.75, 3.05) is 19.7 Å². The molecule has 2 N–H and O–H groups in total. The minimum absolute atomic E-state index is 0.199. The molecule has 2 aliphatic rings. The summed E-state index contributed by atoms with van der Waals surface area (Å²) in [5, 5.41) is 11.8. The normalized spacial score (nSPS) is 17.5. The number of piperidine rings is 1. The van der Waals surface area contributed by atoms with Crippen LogP contribution in [0.15, 0.2) is 34.3 Å². The summed E-state index contributed by atoms with van der Waals surface area (Å²) in [5.74, 6) is 2.68. The second-order valence-corrected chi connectivity index (χ2v) is 10.8. The Kier molecular flexibility index (Phi) is 7.44. The Morgan fingerprint density at radius 3 is 2.64 bits per heavy atom. The van der Waals surface area contributed by atoms with E-state index in [4.69, 9.17) is 15.1 Å². The highest BCUT2D eigenvalue weighted by Crippen LogP contribution is 2.38. The van der Waals surface area contributed by atoms with Gasteiger partial charge in [-0.3, -0.25) is 5.41 Å². The van der Waals surface area contributed by atoms with Crippen molar-refractivity contribution in [2.24, 2.45) is 4.99 Å². The average molecular weight is 469 g/mol. The molecule has 3 heterocycles. The highest BCUT2D eigenvalue weighted by Gasteiger charge is 2.24. The summed E-state index contributed by atoms with van der Waals surface area (Å²) in [5.41, 5.74) is 1.79. The van der Waals surface area contributed by atoms with Crippen LogP contribution in [-0.2, 0) is 6.54 Å². The standard InChI is InChI=1S/C25H36N6OS/c1-16(2)27-24(28-18(5)26)22-15-31-12-13-32-23-7-6-20(14-21(23)25(31)29-22)33-19-8-10-30(11-9-19)17(3)4/h6-7,14-17,19H,8-13H2,1-5H3,(H2,26,27,28). The number of hydrogen-bond donors (Lipinski definition) is 2. The van der Waals surface area contributed by atoms with Crippen LogP contribution in [0.5, 0.6) is 5.75 Å². The Morgan fingerprint density at radius 2 is 1.97 bits per heavy atom. The van der Waals surface area contributed by atoms with Crippen molar-refractivity contribution in [3.05, 3.63) is 30.1 Å². The molecule has 33 heavy (non-hydrogen) atoms. The predicted octanol–water partition coefficient (Wildman–Crippen LogP) is 4.65. The zero-order valence-electron chi connectivity index (χ0n) is 20.4. The number of amidine groups is 2. The van der Waals surface area contributed by atoms with E-state index in [0.717, 1.165) is 29.4 Å². The molecule has 1 aromatic heterocycles. The van der Waals surface area contributed by atoms with E-state index in [1.807, 2.05) is 18.0 Å². The third kappa shape index (κ3) is 5.79. The van der Waals surface area contributed by atoms with Crippen LogP contribution in [0.2, 0.25) is 0 Å². The van der Waals surface area contributed by atoms with Gasteiger partial charge in [-0.05, 0) is 78.7 Å². The molecule has 0 saturated carbocycles. The fraction of sp³-hybridized carbons (Fsp3) is 0.560. The molecule has 1 saturated heterocycles. The van der Waals surface area contributed by atoms with Crippen molar-refractivity contribution < 1.29 is 4.74 Å². The lowest BCUT2D eigenvalue weighted by molar-refractivity contribution is 0.188. The van der Waals surface area contributed by atoms with E-state index >= 15 is 0 Å². The minimum atomic E-state index is 0.199. The zero-order chi connectivity index (χ0) is 23.5. The smallest absolute Gasteiger partial charge is 0.155 e. The second kappa shape index (κ2) is 10.3. The summed E-state index contributed by atoms with van der Waals surface area (Å²) < 4.78 is 8.19. The van der Waals surface area contributed by atoms with E-state index in [9.17, 15) is 0 Å². The van der Waals surface area contributed by atoms with Crippen LogP contribution < -0.4 is 10.1 Å². The van der Waals surface area contributed by atoms with Crippen LogP contribution in [-0.4, -0.2) is 63.2 Å². The number of benzene rings is 1. The minimum Gasteiger partial charge on any atom is -0.491 e. The van der Waals surface area contributed by atoms with Gasteiger partial charge in [-0.15, -0.1) is 11.8 Å². The van der Waals surface area contributed by atoms with Crippen LogP contribution >= 0.6 is 11.8 Å². The maximum absolute atomic E-state index is 7.83. The van der Waals surface area contributed by atoms with Crippen LogP contribution in [0, 0.1) is 5.41 Å². The molecule has 2 aromatic rings. The molecule has 0 spiro atoms. The Hall–Kier alpha value is -2.32. The Balaban J connectivity index is 1.60. The fourth-order valence-electron chi connectivity index (χ4n) is 4.36. The van der Waals surface area contributed by atoms with Gasteiger partial charge in [-0.2, -0.15) is 0 Å². The van der Waals surface area contributed by atoms with E-state index in [2.05, 4.69) is 65.7 Å². The molecule has 0 atom stereocenters. The van der Waals surface area contributed by atoms with Gasteiger partial charge in [0.05, 0.1) is 12.1 Å². The van der Waals surface area contributed by atoms with Crippen molar-refractivity contribution in [3.8, 4) is 17.1 Å². The van der Waals surface area contributed by atoms with Gasteiger partial charge in [0.25, 0.3) is 0 Å². The van der Waals surface area contributed by atoms with Crippen molar-refractivity contribution >= 4 is 23.4 Å². The Labute approximate surface area is 201 Å². The molecule has 4 rings (SSSR count). The zero-order valence-corrected chi connectivity index (χ0v) is 21.2. The maximum atomic E-state index is 7.83. The predicted molar refractivity (Wildman–Crippen MR) is 137 cm³/mol. The van der Waals surface area contributed by atoms with Crippen molar-refractivity contribution in [3.63, 3.8) is 0 Å². The number of likely N-dealkylation sites (tertiary alicyclic amines) is 1. The lowest BCUT2D eigenvalue weighted by Crippen LogP contribution is -2.39. The molecule has 0 amide bonds. The number of aliphatic imine (C=N–C) groups is 1. The summed E-state index contributed by atoms with van der Waals surface area (Å²) in [6, 6.07) is 7.34. The molecule has 1 aromatic carbocycles. The quantitative estimate of drug-likeness (QED) is 0.493. The molecule has 1 fully saturated rings. The van der Waals surface area contributed by atoms with Crippen LogP contribution in [0.4, 0.5) is 0 Å². The number of hydrogen-bond acceptors (Lipinski definition) is 5. The topological polar surface area (TPSA) is 78.5 Å². The summed E-state index contributed by atoms with van der Waals surface area (Å²) in [4.78, 5) is 13.2. The van der Waals surface area contributed by atoms with Crippen LogP contribution in [0.1, 0.15) is 53.2 Å². The second-order valence-electron chi connectivity index (χ2n) is 9.44. The van der Waals surface area contributed by atoms with Gasteiger partial charge >= 0.3 is 0 Å². The van der Waals surface area contributed by atoms with E-state index in [-0.39, 0.29) is 11.9 Å². The third-order valence-corrected chi connectivity index (χ3v) is 7.35. The van der Waals surface area contributed by atoms with E-state index in [0.29, 0.717) is 23.7 Å². The lowest BCUT2D eigenvalue weighted by Gasteiger charge is -2.34. The van der Waals surface area contributed by atoms with Crippen molar-refractivity contribution in [2.45, 2.75) is 76.2 Å². The van der Waals surface area contributed by atoms with E-state index in [1.54, 1.807) is 6.92 Å². The monoisotopic (exact) mass is 468 g/mol. The Morgan fingerprint density at radius 1 is 1.21 bits per heavy atom. The van der Waals surface area contributed by atoms with E-state index in [1.165, 1.54) is 30.8 Å². The van der Waals surface area contributed by atoms with Gasteiger partial charge in [-0.25, -0.2) is 9.98 Å². The average Bonchev–Trinajstić information content (AvgIpc) is 3.10. The third-order valence-electron chi connectivity index (χ3n) is 6.02. The fourth-order valence-corrected chi connectivity index (χ4v) is 5.52. The summed E-state index contributed by atoms with van der Waals surface area (Å²) in [6.45, 7) is 14.1. The highest BCUT2D eigenvalue weighted by molar-refractivity contribution is 8.00. The number of rotatable bonds is 5. The first-order valence-electron chi connectivity index (χ1n) is 12.0. The molecule has 0 unspecified atom stereocenters. The molecular weight excluding hydrogens is 432 g/mol. The number of nitrogens with one attached hydrogen (secondary N) is 2. The Bertz CT molecular complexity index is 1020. The van der Waals surface area contributed by atoms with Crippen LogP contribution in [0.3, 0.4) is 0 Å². The first kappa shape index (κ1) is 23.8. The van der Waals surface area contributed by atoms with Gasteiger partial charge in [0.1, 0.15) is 29.7 Å². The number of ether oxygens (including phenoxy) is 1. The van der Waals surface area contributed by atoms with Gasteiger partial charge in [0, 0.05) is 28.4 Å². The van der Waals surface area contributed by atoms with Gasteiger partial charge in [0.15, 0.2) is 5.84 Å². The molecule has 7 nitrogen and oxygen atoms in total. The maximum Gasteiger partial charge on any atom is 0.155 e. The molecule has 178 valence electrons. The lowest BCUT2D eigenvalue weighted by atomic mass is 10.1. The van der Waals surface area contributed by atoms with Gasteiger partial charge < -0.3 is 19.5 Å². The van der Waals surface area contributed by atoms with Crippen molar-refractivity contribution in [1.29, 1.82) is 5.41 Å². The molecule has 0 radical (unpaired) electrons. The summed E-state index contributed by atoms with van der Waals surface area (Å²) in [7, 11) is 0. The number of imidazole rings is 1. The first-order valence-corrected chi connectivity index (χ1v) is 12.8. The molecule has 2 aliphatic heterocycles. The molecule has 0 bridgehead atoms. The summed E-state index contributed by atoms with van der Waals surface area (Å²) >= 11 is 1.98. The first-order chi connectivity index (χ1) is 15.8.